The second-order valence-electron chi connectivity index (χ2n) is 6.64. The van der Waals surface area contributed by atoms with Gasteiger partial charge in [-0.2, -0.15) is 0 Å². The summed E-state index contributed by atoms with van der Waals surface area (Å²) in [5.74, 6) is 0. The van der Waals surface area contributed by atoms with Gasteiger partial charge in [-0.05, 0) is 84.6 Å². The highest BCUT2D eigenvalue weighted by Gasteiger charge is 2.68. The van der Waals surface area contributed by atoms with Gasteiger partial charge >= 0.3 is 16.2 Å². The second-order valence-corrected chi connectivity index (χ2v) is 18.6. The number of hydrogen-bond acceptors (Lipinski definition) is 6. The van der Waals surface area contributed by atoms with Gasteiger partial charge in [-0.25, -0.2) is 0 Å². The summed E-state index contributed by atoms with van der Waals surface area (Å²) >= 11 is 0. The molecule has 0 unspecified atom stereocenters. The van der Waals surface area contributed by atoms with Gasteiger partial charge in [-0.3, -0.25) is 0 Å². The van der Waals surface area contributed by atoms with Gasteiger partial charge in [0.25, 0.3) is 0 Å². The fraction of sp³-hybridized carbons (Fsp3) is 1.00. The maximum Gasteiger partial charge on any atom is 0.326 e. The molecule has 0 aromatic heterocycles. The lowest BCUT2D eigenvalue weighted by Crippen LogP contribution is -2.95. The lowest BCUT2D eigenvalue weighted by Gasteiger charge is -2.62. The molecule has 6 nitrogen and oxygen atoms in total. The van der Waals surface area contributed by atoms with Gasteiger partial charge in [0.2, 0.25) is 0 Å². The molecule has 0 N–H and O–H groups in total. The van der Waals surface area contributed by atoms with Crippen LogP contribution in [0.5, 0.6) is 0 Å². The van der Waals surface area contributed by atoms with E-state index >= 15 is 0 Å². The van der Waals surface area contributed by atoms with Gasteiger partial charge < -0.3 is 27.4 Å². The number of nitrogens with zero attached hydrogens (tertiary/aromatic N) is 6. The van der Waals surface area contributed by atoms with Crippen molar-refractivity contribution in [3.8, 4) is 0 Å². The maximum atomic E-state index is 2.47. The van der Waals surface area contributed by atoms with Crippen LogP contribution in [0.25, 0.3) is 0 Å². The minimum absolute atomic E-state index is 2.08. The molecule has 0 atom stereocenters. The zero-order chi connectivity index (χ0) is 16.5. The van der Waals surface area contributed by atoms with E-state index in [0.717, 1.165) is 0 Å². The second kappa shape index (κ2) is 6.97. The number of hydrogen-bond donors (Lipinski definition) is 0. The summed E-state index contributed by atoms with van der Waals surface area (Å²) in [7, 11) is 22.6. The molecule has 0 amide bonds. The van der Waals surface area contributed by atoms with E-state index in [9.17, 15) is 0 Å². The van der Waals surface area contributed by atoms with Crippen LogP contribution >= 0.6 is 0 Å². The van der Waals surface area contributed by atoms with Crippen LogP contribution in [0, 0.1) is 0 Å². The summed E-state index contributed by atoms with van der Waals surface area (Å²) in [5.41, 5.74) is 0. The van der Waals surface area contributed by atoms with Crippen LogP contribution in [0.15, 0.2) is 0 Å². The van der Waals surface area contributed by atoms with Crippen LogP contribution in [-0.2, 0) is 0 Å². The van der Waals surface area contributed by atoms with Gasteiger partial charge in [0.15, 0.2) is 0 Å². The predicted octanol–water partition coefficient (Wildman–Crippen LogP) is -0.688. The van der Waals surface area contributed by atoms with E-state index in [1.165, 1.54) is 0 Å². The fourth-order valence-electron chi connectivity index (χ4n) is 4.20. The lowest BCUT2D eigenvalue weighted by atomic mass is 11.2. The van der Waals surface area contributed by atoms with Crippen LogP contribution in [0.4, 0.5) is 0 Å². The van der Waals surface area contributed by atoms with Crippen LogP contribution in [-0.4, -0.2) is 128 Å². The largest absolute Gasteiger partial charge is 0.326 e. The SMILES string of the molecule is CN(C)[Si](N(C)C)(N(C)C)[Si](N(C)C)(N(C)C)N(C)C. The van der Waals surface area contributed by atoms with Crippen LogP contribution in [0.3, 0.4) is 0 Å². The topological polar surface area (TPSA) is 19.4 Å². The fourth-order valence-corrected chi connectivity index (χ4v) is 23.4. The van der Waals surface area contributed by atoms with Gasteiger partial charge in [-0.15, -0.1) is 0 Å². The van der Waals surface area contributed by atoms with Crippen molar-refractivity contribution in [2.75, 3.05) is 84.6 Å². The maximum absolute atomic E-state index is 2.47. The summed E-state index contributed by atoms with van der Waals surface area (Å²) in [6, 6.07) is 0. The Kier molecular flexibility index (Phi) is 7.04. The molecule has 0 aromatic rings. The molecule has 20 heavy (non-hydrogen) atoms. The molecule has 0 aromatic carbocycles. The van der Waals surface area contributed by atoms with Gasteiger partial charge in [-0.1, -0.05) is 0 Å². The molecule has 0 aliphatic carbocycles. The highest BCUT2D eigenvalue weighted by Crippen LogP contribution is 2.30. The highest BCUT2D eigenvalue weighted by atomic mass is 29.3. The zero-order valence-electron chi connectivity index (χ0n) is 15.7. The van der Waals surface area contributed by atoms with Gasteiger partial charge in [0.05, 0.1) is 0 Å². The molecule has 0 fully saturated rings. The smallest absolute Gasteiger partial charge is 0.304 e. The zero-order valence-corrected chi connectivity index (χ0v) is 17.7. The van der Waals surface area contributed by atoms with E-state index in [4.69, 9.17) is 0 Å². The van der Waals surface area contributed by atoms with Crippen LogP contribution in [0.2, 0.25) is 0 Å². The van der Waals surface area contributed by atoms with Crippen LogP contribution < -0.4 is 0 Å². The molecule has 0 heterocycles. The lowest BCUT2D eigenvalue weighted by molar-refractivity contribution is 0.335. The van der Waals surface area contributed by atoms with Crippen molar-refractivity contribution in [3.63, 3.8) is 0 Å². The molecule has 122 valence electrons. The molecule has 0 aliphatic heterocycles. The normalized spacial score (nSPS) is 14.7. The Morgan fingerprint density at radius 2 is 0.400 bits per heavy atom. The Bertz CT molecular complexity index is 231. The first-order chi connectivity index (χ1) is 8.91. The molecule has 0 spiro atoms. The molecular formula is C12H36N6Si2. The summed E-state index contributed by atoms with van der Waals surface area (Å²) < 4.78 is 14.8. The Morgan fingerprint density at radius 1 is 0.300 bits per heavy atom. The summed E-state index contributed by atoms with van der Waals surface area (Å²) in [6.07, 6.45) is 0. The monoisotopic (exact) mass is 320 g/mol. The Hall–Kier alpha value is 0.194. The van der Waals surface area contributed by atoms with Crippen molar-refractivity contribution >= 4 is 16.2 Å². The van der Waals surface area contributed by atoms with Crippen molar-refractivity contribution in [2.45, 2.75) is 0 Å². The number of rotatable bonds is 7. The molecule has 0 saturated heterocycles. The first-order valence-electron chi connectivity index (χ1n) is 6.96. The minimum Gasteiger partial charge on any atom is -0.304 e. The van der Waals surface area contributed by atoms with Gasteiger partial charge in [0.1, 0.15) is 0 Å². The average Bonchev–Trinajstić information content (AvgIpc) is 2.21. The molecule has 0 saturated carbocycles. The third kappa shape index (κ3) is 2.63. The van der Waals surface area contributed by atoms with Crippen molar-refractivity contribution in [1.82, 2.24) is 27.4 Å². The van der Waals surface area contributed by atoms with Gasteiger partial charge in [0, 0.05) is 0 Å². The Labute approximate surface area is 128 Å². The Morgan fingerprint density at radius 3 is 0.450 bits per heavy atom. The first kappa shape index (κ1) is 20.2. The standard InChI is InChI=1S/C12H36N6Si2/c1-13(2)19(14(3)4,15(5)6)20(16(7)8,17(9)10)18(11)12/h1-12H3. The van der Waals surface area contributed by atoms with Crippen molar-refractivity contribution in [2.24, 2.45) is 0 Å². The molecule has 0 aliphatic rings. The summed E-state index contributed by atoms with van der Waals surface area (Å²) in [5, 5.41) is 0. The molecule has 8 heteroatoms. The average molecular weight is 321 g/mol. The molecule has 0 radical (unpaired) electrons. The molecule has 0 rings (SSSR count). The van der Waals surface area contributed by atoms with Crippen molar-refractivity contribution in [1.29, 1.82) is 0 Å². The third-order valence-electron chi connectivity index (χ3n) is 4.19. The minimum atomic E-state index is -2.08. The molecule has 0 bridgehead atoms. The Balaban J connectivity index is 6.58. The van der Waals surface area contributed by atoms with Crippen molar-refractivity contribution in [3.05, 3.63) is 0 Å². The van der Waals surface area contributed by atoms with E-state index < -0.39 is 16.2 Å². The predicted molar refractivity (Wildman–Crippen MR) is 93.6 cm³/mol. The van der Waals surface area contributed by atoms with E-state index in [2.05, 4.69) is 112 Å². The first-order valence-corrected chi connectivity index (χ1v) is 11.6. The van der Waals surface area contributed by atoms with E-state index in [1.807, 2.05) is 0 Å². The van der Waals surface area contributed by atoms with E-state index in [1.54, 1.807) is 0 Å². The third-order valence-corrected chi connectivity index (χ3v) is 23.3. The van der Waals surface area contributed by atoms with E-state index in [0.29, 0.717) is 0 Å². The quantitative estimate of drug-likeness (QED) is 0.575. The van der Waals surface area contributed by atoms with Crippen molar-refractivity contribution < 1.29 is 0 Å². The highest BCUT2D eigenvalue weighted by molar-refractivity contribution is 7.35. The summed E-state index contributed by atoms with van der Waals surface area (Å²) in [4.78, 5) is 0. The van der Waals surface area contributed by atoms with Crippen LogP contribution in [0.1, 0.15) is 0 Å². The summed E-state index contributed by atoms with van der Waals surface area (Å²) in [6.45, 7) is 0. The van der Waals surface area contributed by atoms with E-state index in [-0.39, 0.29) is 0 Å². The molecular weight excluding hydrogens is 284 g/mol.